The van der Waals surface area contributed by atoms with Crippen molar-refractivity contribution in [2.45, 2.75) is 46.0 Å². The lowest BCUT2D eigenvalue weighted by molar-refractivity contribution is 0.298. The molecule has 1 nitrogen and oxygen atoms in total. The SMILES string of the molecule is C/C1=C/CC/C(C)=C\C/C(CCO)=C/C1. The van der Waals surface area contributed by atoms with Gasteiger partial charge in [0.2, 0.25) is 0 Å². The molecule has 15 heavy (non-hydrogen) atoms. The largest absolute Gasteiger partial charge is 0.396 e. The molecule has 1 aliphatic rings. The summed E-state index contributed by atoms with van der Waals surface area (Å²) in [6.07, 6.45) is 12.1. The number of hydrogen-bond donors (Lipinski definition) is 1. The van der Waals surface area contributed by atoms with Gasteiger partial charge in [0.1, 0.15) is 0 Å². The molecule has 0 aromatic heterocycles. The summed E-state index contributed by atoms with van der Waals surface area (Å²) in [5, 5.41) is 8.96. The molecule has 0 unspecified atom stereocenters. The average molecular weight is 206 g/mol. The quantitative estimate of drug-likeness (QED) is 0.682. The predicted octanol–water partition coefficient (Wildman–Crippen LogP) is 3.76. The van der Waals surface area contributed by atoms with E-state index in [1.165, 1.54) is 23.1 Å². The van der Waals surface area contributed by atoms with E-state index in [1.54, 1.807) is 0 Å². The van der Waals surface area contributed by atoms with Crippen LogP contribution in [-0.4, -0.2) is 11.7 Å². The maximum atomic E-state index is 8.96. The van der Waals surface area contributed by atoms with Crippen LogP contribution in [0.15, 0.2) is 34.9 Å². The van der Waals surface area contributed by atoms with Gasteiger partial charge in [0.05, 0.1) is 0 Å². The standard InChI is InChI=1S/C14H22O/c1-12-4-3-5-13(2)7-9-14(8-6-12)10-11-15/h4,7-8,15H,3,5-6,9-11H2,1-2H3/b12-4-,13-7-,14-8-. The van der Waals surface area contributed by atoms with Crippen LogP contribution in [0.25, 0.3) is 0 Å². The van der Waals surface area contributed by atoms with E-state index in [4.69, 9.17) is 5.11 Å². The highest BCUT2D eigenvalue weighted by Gasteiger charge is 1.99. The fraction of sp³-hybridized carbons (Fsp3) is 0.571. The second kappa shape index (κ2) is 6.62. The molecule has 1 N–H and O–H groups in total. The molecule has 1 rings (SSSR count). The van der Waals surface area contributed by atoms with Crippen molar-refractivity contribution in [3.63, 3.8) is 0 Å². The highest BCUT2D eigenvalue weighted by molar-refractivity contribution is 5.17. The van der Waals surface area contributed by atoms with Gasteiger partial charge in [-0.1, -0.05) is 34.9 Å². The van der Waals surface area contributed by atoms with Crippen molar-refractivity contribution >= 4 is 0 Å². The first-order chi connectivity index (χ1) is 7.22. The van der Waals surface area contributed by atoms with Crippen LogP contribution < -0.4 is 0 Å². The Balaban J connectivity index is 2.73. The van der Waals surface area contributed by atoms with E-state index in [2.05, 4.69) is 32.1 Å². The molecule has 0 aromatic rings. The fourth-order valence-corrected chi connectivity index (χ4v) is 1.77. The summed E-state index contributed by atoms with van der Waals surface area (Å²) in [4.78, 5) is 0. The van der Waals surface area contributed by atoms with E-state index >= 15 is 0 Å². The van der Waals surface area contributed by atoms with Gasteiger partial charge in [-0.05, 0) is 46.0 Å². The molecule has 0 saturated carbocycles. The third-order valence-electron chi connectivity index (χ3n) is 2.89. The summed E-state index contributed by atoms with van der Waals surface area (Å²) in [5.41, 5.74) is 4.27. The number of rotatable bonds is 2. The minimum atomic E-state index is 0.265. The smallest absolute Gasteiger partial charge is 0.0468 e. The molecule has 84 valence electrons. The van der Waals surface area contributed by atoms with Crippen LogP contribution in [0.3, 0.4) is 0 Å². The molecule has 0 bridgehead atoms. The lowest BCUT2D eigenvalue weighted by Gasteiger charge is -2.07. The zero-order valence-corrected chi connectivity index (χ0v) is 9.92. The number of allylic oxidation sites excluding steroid dienone is 5. The molecule has 0 amide bonds. The fourth-order valence-electron chi connectivity index (χ4n) is 1.77. The van der Waals surface area contributed by atoms with Crippen molar-refractivity contribution in [2.24, 2.45) is 0 Å². The molecule has 0 aliphatic heterocycles. The van der Waals surface area contributed by atoms with Crippen LogP contribution in [0.2, 0.25) is 0 Å². The second-order valence-electron chi connectivity index (χ2n) is 4.38. The highest BCUT2D eigenvalue weighted by Crippen LogP contribution is 2.17. The van der Waals surface area contributed by atoms with Crippen molar-refractivity contribution in [2.75, 3.05) is 6.61 Å². The van der Waals surface area contributed by atoms with Gasteiger partial charge in [-0.3, -0.25) is 0 Å². The minimum absolute atomic E-state index is 0.265. The molecule has 0 heterocycles. The summed E-state index contributed by atoms with van der Waals surface area (Å²) in [6.45, 7) is 4.65. The van der Waals surface area contributed by atoms with Gasteiger partial charge in [-0.2, -0.15) is 0 Å². The third-order valence-corrected chi connectivity index (χ3v) is 2.89. The molecule has 0 fully saturated rings. The Morgan fingerprint density at radius 3 is 2.60 bits per heavy atom. The lowest BCUT2D eigenvalue weighted by atomic mass is 10.00. The minimum Gasteiger partial charge on any atom is -0.396 e. The molecule has 0 saturated heterocycles. The maximum absolute atomic E-state index is 8.96. The molecule has 0 spiro atoms. The van der Waals surface area contributed by atoms with E-state index in [9.17, 15) is 0 Å². The molecule has 0 aromatic carbocycles. The summed E-state index contributed by atoms with van der Waals surface area (Å²) in [6, 6.07) is 0. The normalized spacial score (nSPS) is 29.4. The van der Waals surface area contributed by atoms with Gasteiger partial charge in [-0.15, -0.1) is 0 Å². The Morgan fingerprint density at radius 1 is 1.07 bits per heavy atom. The number of hydrogen-bond acceptors (Lipinski definition) is 1. The van der Waals surface area contributed by atoms with Crippen LogP contribution in [0.1, 0.15) is 46.0 Å². The number of aliphatic hydroxyl groups is 1. The van der Waals surface area contributed by atoms with Crippen LogP contribution >= 0.6 is 0 Å². The van der Waals surface area contributed by atoms with Crippen LogP contribution in [0.5, 0.6) is 0 Å². The predicted molar refractivity (Wildman–Crippen MR) is 65.8 cm³/mol. The summed E-state index contributed by atoms with van der Waals surface area (Å²) in [7, 11) is 0. The topological polar surface area (TPSA) is 20.2 Å². The van der Waals surface area contributed by atoms with E-state index in [0.29, 0.717) is 0 Å². The zero-order valence-electron chi connectivity index (χ0n) is 9.92. The molecular weight excluding hydrogens is 184 g/mol. The van der Waals surface area contributed by atoms with Gasteiger partial charge in [0.25, 0.3) is 0 Å². The van der Waals surface area contributed by atoms with Gasteiger partial charge in [0, 0.05) is 6.61 Å². The summed E-state index contributed by atoms with van der Waals surface area (Å²) in [5.74, 6) is 0. The maximum Gasteiger partial charge on any atom is 0.0468 e. The van der Waals surface area contributed by atoms with E-state index in [-0.39, 0.29) is 6.61 Å². The Hall–Kier alpha value is -0.820. The van der Waals surface area contributed by atoms with Crippen LogP contribution in [0.4, 0.5) is 0 Å². The Kier molecular flexibility index (Phi) is 5.41. The Labute approximate surface area is 93.2 Å². The molecule has 0 atom stereocenters. The van der Waals surface area contributed by atoms with E-state index in [1.807, 2.05) is 0 Å². The van der Waals surface area contributed by atoms with Gasteiger partial charge in [0.15, 0.2) is 0 Å². The number of aliphatic hydroxyl groups excluding tert-OH is 1. The summed E-state index contributed by atoms with van der Waals surface area (Å²) >= 11 is 0. The van der Waals surface area contributed by atoms with Crippen LogP contribution in [-0.2, 0) is 0 Å². The average Bonchev–Trinajstić information content (AvgIpc) is 2.21. The van der Waals surface area contributed by atoms with Crippen molar-refractivity contribution in [3.05, 3.63) is 34.9 Å². The van der Waals surface area contributed by atoms with Crippen molar-refractivity contribution in [3.8, 4) is 0 Å². The van der Waals surface area contributed by atoms with Gasteiger partial charge >= 0.3 is 0 Å². The van der Waals surface area contributed by atoms with Crippen molar-refractivity contribution in [1.82, 2.24) is 0 Å². The van der Waals surface area contributed by atoms with Gasteiger partial charge < -0.3 is 5.11 Å². The molecule has 1 aliphatic carbocycles. The second-order valence-corrected chi connectivity index (χ2v) is 4.38. The Bertz CT molecular complexity index is 282. The molecule has 1 heteroatoms. The first kappa shape index (κ1) is 12.3. The first-order valence-electron chi connectivity index (χ1n) is 5.82. The molecule has 0 radical (unpaired) electrons. The zero-order chi connectivity index (χ0) is 11.1. The first-order valence-corrected chi connectivity index (χ1v) is 5.82. The third kappa shape index (κ3) is 4.98. The van der Waals surface area contributed by atoms with Crippen molar-refractivity contribution < 1.29 is 5.11 Å². The molecular formula is C14H22O. The van der Waals surface area contributed by atoms with Crippen molar-refractivity contribution in [1.29, 1.82) is 0 Å². The monoisotopic (exact) mass is 206 g/mol. The lowest BCUT2D eigenvalue weighted by Crippen LogP contribution is -1.91. The Morgan fingerprint density at radius 2 is 1.87 bits per heavy atom. The summed E-state index contributed by atoms with van der Waals surface area (Å²) < 4.78 is 0. The van der Waals surface area contributed by atoms with E-state index < -0.39 is 0 Å². The van der Waals surface area contributed by atoms with E-state index in [0.717, 1.165) is 25.7 Å². The highest BCUT2D eigenvalue weighted by atomic mass is 16.2. The van der Waals surface area contributed by atoms with Crippen LogP contribution in [0, 0.1) is 0 Å². The van der Waals surface area contributed by atoms with Gasteiger partial charge in [-0.25, -0.2) is 0 Å².